The van der Waals surface area contributed by atoms with Crippen molar-refractivity contribution < 1.29 is 24.9 Å². The number of hydrogen-bond acceptors (Lipinski definition) is 9. The van der Waals surface area contributed by atoms with Crippen molar-refractivity contribution in [1.82, 2.24) is 9.97 Å². The van der Waals surface area contributed by atoms with Crippen molar-refractivity contribution >= 4 is 18.4 Å². The number of carbonyl (C=O) groups is 1. The minimum absolute atomic E-state index is 0.0487. The zero-order valence-electron chi connectivity index (χ0n) is 11.0. The van der Waals surface area contributed by atoms with Crippen LogP contribution in [-0.2, 0) is 4.74 Å². The number of aromatic nitrogens is 2. The number of aliphatic hydroxyl groups is 3. The fourth-order valence-corrected chi connectivity index (χ4v) is 2.43. The Kier molecular flexibility index (Phi) is 5.25. The monoisotopic (exact) mass is 315 g/mol. The molecule has 1 fully saturated rings. The molecule has 21 heavy (non-hydrogen) atoms. The number of nitrogens with two attached hydrogens (primary N) is 1. The Labute approximate surface area is 126 Å². The van der Waals surface area contributed by atoms with Crippen molar-refractivity contribution in [2.75, 3.05) is 13.2 Å². The van der Waals surface area contributed by atoms with E-state index in [9.17, 15) is 9.90 Å². The highest BCUT2D eigenvalue weighted by atomic mass is 32.1. The summed E-state index contributed by atoms with van der Waals surface area (Å²) < 4.78 is 5.45. The van der Waals surface area contributed by atoms with E-state index < -0.39 is 42.0 Å². The largest absolute Gasteiger partial charge is 0.394 e. The number of hydrogen-bond donors (Lipinski definition) is 5. The molecule has 0 radical (unpaired) electrons. The third kappa shape index (κ3) is 3.23. The summed E-state index contributed by atoms with van der Waals surface area (Å²) in [4.78, 5) is 20.0. The summed E-state index contributed by atoms with van der Waals surface area (Å²) in [6, 6.07) is 0.323. The summed E-state index contributed by atoms with van der Waals surface area (Å²) in [6.07, 6.45) is -1.13. The molecular weight excluding hydrogens is 298 g/mol. The zero-order valence-corrected chi connectivity index (χ0v) is 11.9. The lowest BCUT2D eigenvalue weighted by molar-refractivity contribution is -0.0247. The highest BCUT2D eigenvalue weighted by molar-refractivity contribution is 7.81. The first kappa shape index (κ1) is 16.3. The molecule has 9 heteroatoms. The molecule has 8 nitrogen and oxygen atoms in total. The predicted octanol–water partition coefficient (Wildman–Crippen LogP) is -1.93. The van der Waals surface area contributed by atoms with Crippen molar-refractivity contribution in [3.63, 3.8) is 0 Å². The van der Waals surface area contributed by atoms with Gasteiger partial charge in [-0.1, -0.05) is 0 Å². The maximum absolute atomic E-state index is 11.9. The third-order valence-corrected chi connectivity index (χ3v) is 3.83. The number of thiol groups is 1. The molecule has 1 aliphatic heterocycles. The van der Waals surface area contributed by atoms with Gasteiger partial charge in [0.2, 0.25) is 0 Å². The van der Waals surface area contributed by atoms with Crippen LogP contribution >= 0.6 is 12.6 Å². The van der Waals surface area contributed by atoms with Crippen LogP contribution < -0.4 is 5.73 Å². The van der Waals surface area contributed by atoms with Crippen molar-refractivity contribution in [3.05, 3.63) is 23.8 Å². The van der Waals surface area contributed by atoms with Gasteiger partial charge in [0.25, 0.3) is 0 Å². The summed E-state index contributed by atoms with van der Waals surface area (Å²) in [6.45, 7) is -0.846. The van der Waals surface area contributed by atoms with Crippen LogP contribution in [0.1, 0.15) is 22.4 Å². The van der Waals surface area contributed by atoms with Gasteiger partial charge in [-0.25, -0.2) is 9.97 Å². The molecule has 5 atom stereocenters. The summed E-state index contributed by atoms with van der Waals surface area (Å²) in [5, 5.41) is 27.2. The van der Waals surface area contributed by atoms with E-state index in [4.69, 9.17) is 20.7 Å². The Morgan fingerprint density at radius 2 is 2.24 bits per heavy atom. The number of ketones is 1. The molecular formula is C12H17N3O5S. The first-order valence-corrected chi connectivity index (χ1v) is 6.87. The standard InChI is InChI=1S/C12H17N3O5S/c13-5(3-16)8(18)6-1-2-14-12(15-6)10-11(21)9(19)7(4-17)20-10/h1-2,5,7,9-11,16-17,19,21H,3-4,13H2/t5-,7+,9+,10?,11+/m0/s1. The second-order valence-corrected chi connectivity index (χ2v) is 5.31. The van der Waals surface area contributed by atoms with Crippen molar-refractivity contribution in [1.29, 1.82) is 0 Å². The lowest BCUT2D eigenvalue weighted by atomic mass is 10.1. The van der Waals surface area contributed by atoms with Crippen LogP contribution in [0.3, 0.4) is 0 Å². The van der Waals surface area contributed by atoms with Crippen LogP contribution in [0.5, 0.6) is 0 Å². The molecule has 0 aromatic carbocycles. The minimum Gasteiger partial charge on any atom is -0.394 e. The Morgan fingerprint density at radius 3 is 2.81 bits per heavy atom. The zero-order chi connectivity index (χ0) is 15.6. The number of ether oxygens (including phenoxy) is 1. The van der Waals surface area contributed by atoms with E-state index in [2.05, 4.69) is 22.6 Å². The quantitative estimate of drug-likeness (QED) is 0.313. The predicted molar refractivity (Wildman–Crippen MR) is 74.9 cm³/mol. The second-order valence-electron chi connectivity index (χ2n) is 4.71. The lowest BCUT2D eigenvalue weighted by Gasteiger charge is -2.14. The number of carbonyl (C=O) groups excluding carboxylic acids is 1. The molecule has 1 aromatic heterocycles. The molecule has 1 unspecified atom stereocenters. The molecule has 1 saturated heterocycles. The molecule has 0 aliphatic carbocycles. The molecule has 0 bridgehead atoms. The van der Waals surface area contributed by atoms with Crippen molar-refractivity contribution in [2.24, 2.45) is 5.73 Å². The van der Waals surface area contributed by atoms with Gasteiger partial charge in [0.15, 0.2) is 11.6 Å². The highest BCUT2D eigenvalue weighted by Gasteiger charge is 2.43. The van der Waals surface area contributed by atoms with Gasteiger partial charge in [-0.05, 0) is 6.07 Å². The number of aliphatic hydroxyl groups excluding tert-OH is 3. The fraction of sp³-hybridized carbons (Fsp3) is 0.583. The van der Waals surface area contributed by atoms with Crippen LogP contribution in [0, 0.1) is 0 Å². The molecule has 1 aromatic rings. The van der Waals surface area contributed by atoms with Crippen molar-refractivity contribution in [2.45, 2.75) is 29.6 Å². The molecule has 2 heterocycles. The van der Waals surface area contributed by atoms with Gasteiger partial charge in [0.05, 0.1) is 30.6 Å². The number of nitrogens with zero attached hydrogens (tertiary/aromatic N) is 2. The summed E-state index contributed by atoms with van der Waals surface area (Å²) in [5.41, 5.74) is 5.51. The van der Waals surface area contributed by atoms with Crippen molar-refractivity contribution in [3.8, 4) is 0 Å². The lowest BCUT2D eigenvalue weighted by Crippen LogP contribution is -2.35. The fourth-order valence-electron chi connectivity index (χ4n) is 2.03. The van der Waals surface area contributed by atoms with E-state index in [0.717, 1.165) is 0 Å². The maximum Gasteiger partial charge on any atom is 0.200 e. The Morgan fingerprint density at radius 1 is 1.52 bits per heavy atom. The average Bonchev–Trinajstić information content (AvgIpc) is 2.81. The van der Waals surface area contributed by atoms with Gasteiger partial charge in [-0.2, -0.15) is 12.6 Å². The molecule has 0 saturated carbocycles. The Hall–Kier alpha value is -1.10. The van der Waals surface area contributed by atoms with E-state index in [-0.39, 0.29) is 18.1 Å². The van der Waals surface area contributed by atoms with E-state index in [0.29, 0.717) is 0 Å². The van der Waals surface area contributed by atoms with Gasteiger partial charge in [-0.15, -0.1) is 0 Å². The first-order valence-electron chi connectivity index (χ1n) is 6.35. The molecule has 0 amide bonds. The van der Waals surface area contributed by atoms with Gasteiger partial charge < -0.3 is 25.8 Å². The topological polar surface area (TPSA) is 139 Å². The Bertz CT molecular complexity index is 517. The van der Waals surface area contributed by atoms with Crippen LogP contribution in [0.25, 0.3) is 0 Å². The van der Waals surface area contributed by atoms with Crippen LogP contribution in [-0.4, -0.2) is 67.8 Å². The molecule has 0 spiro atoms. The van der Waals surface area contributed by atoms with Gasteiger partial charge in [0, 0.05) is 6.20 Å². The third-order valence-electron chi connectivity index (χ3n) is 3.26. The van der Waals surface area contributed by atoms with Gasteiger partial charge in [0.1, 0.15) is 17.9 Å². The SMILES string of the molecule is N[C@@H](CO)C(=O)c1ccnc(C2O[C@H](CO)[C@@H](O)[C@H]2S)n1. The maximum atomic E-state index is 11.9. The van der Waals surface area contributed by atoms with E-state index >= 15 is 0 Å². The second kappa shape index (κ2) is 6.77. The minimum atomic E-state index is -1.06. The van der Waals surface area contributed by atoms with Gasteiger partial charge >= 0.3 is 0 Å². The van der Waals surface area contributed by atoms with Gasteiger partial charge in [-0.3, -0.25) is 4.79 Å². The van der Waals surface area contributed by atoms with Crippen LogP contribution in [0.15, 0.2) is 12.3 Å². The van der Waals surface area contributed by atoms with E-state index in [1.165, 1.54) is 12.3 Å². The summed E-state index contributed by atoms with van der Waals surface area (Å²) in [7, 11) is 0. The summed E-state index contributed by atoms with van der Waals surface area (Å²) in [5.74, 6) is -0.352. The molecule has 116 valence electrons. The van der Waals surface area contributed by atoms with E-state index in [1.807, 2.05) is 0 Å². The average molecular weight is 315 g/mol. The molecule has 1 aliphatic rings. The number of Topliss-reactive ketones (excluding diaryl/α,β-unsaturated/α-hetero) is 1. The van der Waals surface area contributed by atoms with E-state index in [1.54, 1.807) is 0 Å². The van der Waals surface area contributed by atoms with Crippen LogP contribution in [0.2, 0.25) is 0 Å². The van der Waals surface area contributed by atoms with Crippen LogP contribution in [0.4, 0.5) is 0 Å². The smallest absolute Gasteiger partial charge is 0.200 e. The first-order chi connectivity index (χ1) is 9.99. The summed E-state index contributed by atoms with van der Waals surface area (Å²) >= 11 is 4.24. The Balaban J connectivity index is 2.24. The normalized spacial score (nSPS) is 30.3. The molecule has 2 rings (SSSR count). The highest BCUT2D eigenvalue weighted by Crippen LogP contribution is 2.35. The number of rotatable bonds is 5. The molecule has 5 N–H and O–H groups in total.